The van der Waals surface area contributed by atoms with E-state index in [2.05, 4.69) is 30.5 Å². The van der Waals surface area contributed by atoms with Gasteiger partial charge in [0.1, 0.15) is 12.4 Å². The van der Waals surface area contributed by atoms with Crippen LogP contribution in [0.2, 0.25) is 0 Å². The molecule has 1 saturated heterocycles. The quantitative estimate of drug-likeness (QED) is 0.334. The number of carboxylic acid groups (broad SMARTS) is 1. The van der Waals surface area contributed by atoms with E-state index in [0.29, 0.717) is 60.6 Å². The monoisotopic (exact) mass is 661 g/mol. The van der Waals surface area contributed by atoms with Crippen LogP contribution in [0.5, 0.6) is 11.5 Å². The maximum Gasteiger partial charge on any atom is 0.407 e. The van der Waals surface area contributed by atoms with Gasteiger partial charge in [-0.15, -0.1) is 0 Å². The van der Waals surface area contributed by atoms with Crippen LogP contribution in [-0.2, 0) is 11.3 Å². The van der Waals surface area contributed by atoms with Crippen LogP contribution in [0.1, 0.15) is 47.0 Å². The second-order valence-corrected chi connectivity index (χ2v) is 13.8. The van der Waals surface area contributed by atoms with Crippen molar-refractivity contribution in [3.8, 4) is 11.5 Å². The summed E-state index contributed by atoms with van der Waals surface area (Å²) in [7, 11) is 0. The molecule has 0 aliphatic carbocycles. The first-order valence-corrected chi connectivity index (χ1v) is 15.5. The minimum Gasteiger partial charge on any atom is -0.465 e. The summed E-state index contributed by atoms with van der Waals surface area (Å²) in [6.07, 6.45) is 2.93. The molecule has 12 nitrogen and oxygen atoms in total. The summed E-state index contributed by atoms with van der Waals surface area (Å²) in [5.74, 6) is 1.96. The fourth-order valence-corrected chi connectivity index (χ4v) is 6.83. The second-order valence-electron chi connectivity index (χ2n) is 11.9. The molecule has 14 heteroatoms. The summed E-state index contributed by atoms with van der Waals surface area (Å²) in [5.41, 5.74) is 7.15. The van der Waals surface area contributed by atoms with Gasteiger partial charge in [-0.05, 0) is 65.6 Å². The summed E-state index contributed by atoms with van der Waals surface area (Å²) in [4.78, 5) is 42.5. The highest BCUT2D eigenvalue weighted by Gasteiger charge is 2.33. The van der Waals surface area contributed by atoms with Crippen LogP contribution in [0.15, 0.2) is 33.0 Å². The van der Waals surface area contributed by atoms with Crippen molar-refractivity contribution in [2.75, 3.05) is 32.2 Å². The van der Waals surface area contributed by atoms with E-state index in [-0.39, 0.29) is 18.1 Å². The van der Waals surface area contributed by atoms with E-state index >= 15 is 0 Å². The minimum absolute atomic E-state index is 0.138. The number of nitrogens with zero attached hydrogens (tertiary/aromatic N) is 6. The smallest absolute Gasteiger partial charge is 0.407 e. The largest absolute Gasteiger partial charge is 0.465 e. The lowest BCUT2D eigenvalue weighted by molar-refractivity contribution is -0.137. The molecule has 0 saturated carbocycles. The van der Waals surface area contributed by atoms with E-state index < -0.39 is 12.1 Å². The highest BCUT2D eigenvalue weighted by Crippen LogP contribution is 2.43. The first-order chi connectivity index (χ1) is 19.9. The van der Waals surface area contributed by atoms with E-state index in [1.165, 1.54) is 23.0 Å². The number of ether oxygens (including phenoxy) is 2. The average molecular weight is 663 g/mol. The number of hydrogen-bond acceptors (Lipinski definition) is 9. The zero-order chi connectivity index (χ0) is 30.2. The fraction of sp³-hybridized carbons (Fsp3) is 0.536. The maximum atomic E-state index is 13.2. The van der Waals surface area contributed by atoms with Crippen molar-refractivity contribution in [2.24, 2.45) is 11.3 Å². The Labute approximate surface area is 257 Å². The number of benzene rings is 1. The molecule has 2 aliphatic rings. The Morgan fingerprint density at radius 1 is 1.21 bits per heavy atom. The third-order valence-corrected chi connectivity index (χ3v) is 9.53. The SMILES string of the molecule is C[C@@H](C(=O)N1CCC(CCn2c(Sc3cc4c(cc3Br)OCO4)nc3c(N)ncnc32)CC1)N(CC(C)(C)C)C(=O)O. The number of anilines is 1. The van der Waals surface area contributed by atoms with E-state index in [1.54, 1.807) is 11.8 Å². The normalized spacial score (nSPS) is 16.2. The van der Waals surface area contributed by atoms with Gasteiger partial charge in [0.15, 0.2) is 33.6 Å². The number of carbonyl (C=O) groups is 2. The van der Waals surface area contributed by atoms with Crippen LogP contribution >= 0.6 is 27.7 Å². The number of piperidine rings is 1. The fourth-order valence-electron chi connectivity index (χ4n) is 5.32. The molecule has 5 rings (SSSR count). The zero-order valence-corrected chi connectivity index (χ0v) is 26.6. The van der Waals surface area contributed by atoms with Crippen LogP contribution < -0.4 is 15.2 Å². The van der Waals surface area contributed by atoms with Gasteiger partial charge in [0.25, 0.3) is 0 Å². The number of aromatic nitrogens is 4. The Kier molecular flexibility index (Phi) is 8.74. The predicted octanol–water partition coefficient (Wildman–Crippen LogP) is 5.09. The first-order valence-electron chi connectivity index (χ1n) is 13.9. The molecule has 1 aromatic carbocycles. The number of amides is 2. The molecule has 2 aliphatic heterocycles. The number of carbonyl (C=O) groups excluding carboxylic acids is 1. The molecule has 1 fully saturated rings. The maximum absolute atomic E-state index is 13.2. The van der Waals surface area contributed by atoms with Crippen molar-refractivity contribution < 1.29 is 24.2 Å². The Balaban J connectivity index is 1.26. The molecule has 4 heterocycles. The van der Waals surface area contributed by atoms with Gasteiger partial charge in [0.2, 0.25) is 12.7 Å². The zero-order valence-electron chi connectivity index (χ0n) is 24.2. The Morgan fingerprint density at radius 2 is 1.90 bits per heavy atom. The average Bonchev–Trinajstić information content (AvgIpc) is 3.54. The highest BCUT2D eigenvalue weighted by molar-refractivity contribution is 9.10. The number of halogens is 1. The van der Waals surface area contributed by atoms with Crippen LogP contribution in [0.4, 0.5) is 10.6 Å². The van der Waals surface area contributed by atoms with Gasteiger partial charge in [-0.2, -0.15) is 0 Å². The molecule has 3 N–H and O–H groups in total. The van der Waals surface area contributed by atoms with Crippen LogP contribution in [0, 0.1) is 11.3 Å². The van der Waals surface area contributed by atoms with Crippen molar-refractivity contribution in [3.05, 3.63) is 22.9 Å². The lowest BCUT2D eigenvalue weighted by Crippen LogP contribution is -2.52. The molecule has 1 atom stereocenters. The lowest BCUT2D eigenvalue weighted by atomic mass is 9.92. The van der Waals surface area contributed by atoms with Crippen LogP contribution in [0.25, 0.3) is 11.2 Å². The number of aryl methyl sites for hydroxylation is 1. The van der Waals surface area contributed by atoms with Crippen molar-refractivity contribution >= 4 is 56.7 Å². The summed E-state index contributed by atoms with van der Waals surface area (Å²) in [6.45, 7) is 9.94. The number of nitrogen functional groups attached to an aromatic ring is 1. The standard InChI is InChI=1S/C28H36BrN7O5S/c1-16(36(27(38)39)13-28(2,3)4)25(37)34-8-5-17(6-9-34)7-10-35-24-22(23(30)31-14-32-24)33-26(35)42-21-12-20-19(11-18(21)29)40-15-41-20/h11-12,14,16-17H,5-10,13,15H2,1-4H3,(H,38,39)(H2,30,31,32)/t16-/m0/s1. The summed E-state index contributed by atoms with van der Waals surface area (Å²) < 4.78 is 14.0. The molecule has 226 valence electrons. The Hall–Kier alpha value is -3.26. The summed E-state index contributed by atoms with van der Waals surface area (Å²) in [6, 6.07) is 3.09. The molecule has 3 aromatic rings. The Morgan fingerprint density at radius 3 is 2.57 bits per heavy atom. The second kappa shape index (κ2) is 12.2. The third-order valence-electron chi connectivity index (χ3n) is 7.56. The molecular formula is C28H36BrN7O5S. The number of rotatable bonds is 8. The van der Waals surface area contributed by atoms with Crippen molar-refractivity contribution in [1.82, 2.24) is 29.3 Å². The predicted molar refractivity (Wildman–Crippen MR) is 162 cm³/mol. The van der Waals surface area contributed by atoms with Gasteiger partial charge in [0, 0.05) is 35.5 Å². The van der Waals surface area contributed by atoms with Gasteiger partial charge in [-0.25, -0.2) is 19.7 Å². The molecule has 0 spiro atoms. The molecule has 42 heavy (non-hydrogen) atoms. The number of nitrogens with two attached hydrogens (primary N) is 1. The minimum atomic E-state index is -1.07. The highest BCUT2D eigenvalue weighted by atomic mass is 79.9. The molecule has 0 radical (unpaired) electrons. The molecule has 2 aromatic heterocycles. The number of hydrogen-bond donors (Lipinski definition) is 2. The van der Waals surface area contributed by atoms with E-state index in [0.717, 1.165) is 33.8 Å². The van der Waals surface area contributed by atoms with Crippen molar-refractivity contribution in [2.45, 2.75) is 69.6 Å². The van der Waals surface area contributed by atoms with Gasteiger partial charge in [0.05, 0.1) is 0 Å². The lowest BCUT2D eigenvalue weighted by Gasteiger charge is -2.37. The van der Waals surface area contributed by atoms with E-state index in [9.17, 15) is 14.7 Å². The van der Waals surface area contributed by atoms with Gasteiger partial charge in [-0.3, -0.25) is 9.69 Å². The molecule has 0 unspecified atom stereocenters. The molecule has 0 bridgehead atoms. The Bertz CT molecular complexity index is 1490. The van der Waals surface area contributed by atoms with Crippen LogP contribution in [0.3, 0.4) is 0 Å². The summed E-state index contributed by atoms with van der Waals surface area (Å²) >= 11 is 5.12. The number of likely N-dealkylation sites (tertiary alicyclic amines) is 1. The van der Waals surface area contributed by atoms with Gasteiger partial charge >= 0.3 is 6.09 Å². The first kappa shape index (κ1) is 30.2. The van der Waals surface area contributed by atoms with Gasteiger partial charge < -0.3 is 29.8 Å². The van der Waals surface area contributed by atoms with E-state index in [1.807, 2.05) is 32.9 Å². The van der Waals surface area contributed by atoms with Gasteiger partial charge in [-0.1, -0.05) is 32.5 Å². The summed E-state index contributed by atoms with van der Waals surface area (Å²) in [5, 5.41) is 10.5. The number of fused-ring (bicyclic) bond motifs is 2. The number of imidazole rings is 1. The molecular weight excluding hydrogens is 626 g/mol. The topological polar surface area (TPSA) is 149 Å². The van der Waals surface area contributed by atoms with E-state index in [4.69, 9.17) is 20.2 Å². The third kappa shape index (κ3) is 6.54. The van der Waals surface area contributed by atoms with Crippen molar-refractivity contribution in [3.63, 3.8) is 0 Å². The van der Waals surface area contributed by atoms with Crippen LogP contribution in [-0.4, -0.2) is 78.9 Å². The molecule has 2 amide bonds. The van der Waals surface area contributed by atoms with Crippen molar-refractivity contribution in [1.29, 1.82) is 0 Å².